The fourth-order valence-corrected chi connectivity index (χ4v) is 4.60. The number of ether oxygens (including phenoxy) is 1. The molecule has 2 aliphatic rings. The Morgan fingerprint density at radius 2 is 2.13 bits per heavy atom. The Labute approximate surface area is 180 Å². The minimum atomic E-state index is -0.586. The highest BCUT2D eigenvalue weighted by Crippen LogP contribution is 2.34. The van der Waals surface area contributed by atoms with Gasteiger partial charge in [0.2, 0.25) is 0 Å². The molecule has 0 aliphatic carbocycles. The van der Waals surface area contributed by atoms with Gasteiger partial charge in [-0.3, -0.25) is 9.78 Å². The maximum atomic E-state index is 14.7. The molecule has 1 amide bonds. The lowest BCUT2D eigenvalue weighted by Crippen LogP contribution is -2.49. The molecule has 2 aromatic rings. The fourth-order valence-electron chi connectivity index (χ4n) is 4.60. The van der Waals surface area contributed by atoms with Crippen molar-refractivity contribution in [2.45, 2.75) is 51.4 Å². The molecule has 9 heteroatoms. The van der Waals surface area contributed by atoms with E-state index in [1.165, 1.54) is 12.3 Å². The van der Waals surface area contributed by atoms with Crippen LogP contribution in [0.1, 0.15) is 38.7 Å². The van der Waals surface area contributed by atoms with Gasteiger partial charge in [-0.15, -0.1) is 0 Å². The molecule has 0 bridgehead atoms. The van der Waals surface area contributed by atoms with Crippen molar-refractivity contribution in [2.24, 2.45) is 5.92 Å². The molecule has 2 N–H and O–H groups in total. The minimum Gasteiger partial charge on any atom is -0.444 e. The summed E-state index contributed by atoms with van der Waals surface area (Å²) in [6, 6.07) is 3.10. The Morgan fingerprint density at radius 3 is 2.87 bits per heavy atom. The summed E-state index contributed by atoms with van der Waals surface area (Å²) in [5.41, 5.74) is 0.996. The second kappa shape index (κ2) is 8.20. The van der Waals surface area contributed by atoms with Crippen LogP contribution in [0.5, 0.6) is 0 Å². The van der Waals surface area contributed by atoms with Crippen LogP contribution in [0.2, 0.25) is 0 Å². The molecule has 0 spiro atoms. The van der Waals surface area contributed by atoms with E-state index in [9.17, 15) is 19.1 Å². The number of nitrogens with zero attached hydrogens (tertiary/aromatic N) is 3. The summed E-state index contributed by atoms with van der Waals surface area (Å²) in [5, 5.41) is 13.1. The van der Waals surface area contributed by atoms with Crippen LogP contribution >= 0.6 is 0 Å². The predicted molar refractivity (Wildman–Crippen MR) is 113 cm³/mol. The highest BCUT2D eigenvalue weighted by Gasteiger charge is 2.34. The molecule has 0 saturated carbocycles. The van der Waals surface area contributed by atoms with E-state index in [0.717, 1.165) is 0 Å². The van der Waals surface area contributed by atoms with Crippen molar-refractivity contribution in [3.05, 3.63) is 40.1 Å². The van der Waals surface area contributed by atoms with Crippen LogP contribution in [0.15, 0.2) is 23.1 Å². The summed E-state index contributed by atoms with van der Waals surface area (Å²) < 4.78 is 21.5. The number of piperidine rings is 1. The fraction of sp³-hybridized carbons (Fsp3) is 0.591. The lowest BCUT2D eigenvalue weighted by molar-refractivity contribution is 0.0193. The van der Waals surface area contributed by atoms with Crippen molar-refractivity contribution in [3.8, 4) is 0 Å². The number of hydrogen-bond acceptors (Lipinski definition) is 6. The van der Waals surface area contributed by atoms with Crippen molar-refractivity contribution in [1.82, 2.24) is 19.8 Å². The summed E-state index contributed by atoms with van der Waals surface area (Å²) in [6.07, 6.45) is 0.745. The lowest BCUT2D eigenvalue weighted by atomic mass is 9.92. The molecule has 1 saturated heterocycles. The predicted octanol–water partition coefficient (Wildman–Crippen LogP) is 1.84. The first-order valence-electron chi connectivity index (χ1n) is 10.7. The van der Waals surface area contributed by atoms with Crippen molar-refractivity contribution in [2.75, 3.05) is 26.2 Å². The smallest absolute Gasteiger partial charge is 0.407 e. The molecule has 8 nitrogen and oxygen atoms in total. The lowest BCUT2D eigenvalue weighted by Gasteiger charge is -2.37. The quantitative estimate of drug-likeness (QED) is 0.765. The van der Waals surface area contributed by atoms with Gasteiger partial charge < -0.3 is 24.6 Å². The van der Waals surface area contributed by atoms with E-state index in [4.69, 9.17) is 4.74 Å². The summed E-state index contributed by atoms with van der Waals surface area (Å²) in [4.78, 5) is 30.6. The Kier molecular flexibility index (Phi) is 5.74. The van der Waals surface area contributed by atoms with Crippen molar-refractivity contribution < 1.29 is 19.0 Å². The molecular formula is C22H29FN4O4. The summed E-state index contributed by atoms with van der Waals surface area (Å²) in [5.74, 6) is -0.722. The number of alkyl carbamates (subject to hydrolysis) is 1. The van der Waals surface area contributed by atoms with E-state index in [0.29, 0.717) is 55.7 Å². The number of rotatable bonds is 4. The van der Waals surface area contributed by atoms with Gasteiger partial charge in [0.15, 0.2) is 0 Å². The number of carbonyl (C=O) groups excluding carboxylic acids is 1. The maximum Gasteiger partial charge on any atom is 0.407 e. The van der Waals surface area contributed by atoms with Crippen LogP contribution < -0.4 is 10.9 Å². The van der Waals surface area contributed by atoms with Gasteiger partial charge in [0.25, 0.3) is 5.56 Å². The molecule has 0 radical (unpaired) electrons. The number of hydrogen-bond donors (Lipinski definition) is 2. The molecule has 1 unspecified atom stereocenters. The SMILES string of the molecule is CC(C)(C)OC(=O)NC[C@H]1CN(CC2Cn3c(=O)ccc4ncc(F)c2c43)CC[C@H]1O. The number of pyridine rings is 2. The van der Waals surface area contributed by atoms with E-state index >= 15 is 0 Å². The molecule has 168 valence electrons. The molecule has 1 fully saturated rings. The number of nitrogens with one attached hydrogen (secondary N) is 1. The average Bonchev–Trinajstić information content (AvgIpc) is 3.07. The Bertz CT molecular complexity index is 1050. The number of aliphatic hydroxyl groups is 1. The van der Waals surface area contributed by atoms with E-state index in [-0.39, 0.29) is 17.4 Å². The first-order chi connectivity index (χ1) is 14.6. The van der Waals surface area contributed by atoms with Crippen LogP contribution in [-0.4, -0.2) is 63.5 Å². The third kappa shape index (κ3) is 4.57. The van der Waals surface area contributed by atoms with Gasteiger partial charge in [0.05, 0.1) is 23.3 Å². The zero-order valence-electron chi connectivity index (χ0n) is 18.1. The van der Waals surface area contributed by atoms with E-state index in [2.05, 4.69) is 15.2 Å². The second-order valence-electron chi connectivity index (χ2n) is 9.49. The van der Waals surface area contributed by atoms with Crippen molar-refractivity contribution in [3.63, 3.8) is 0 Å². The van der Waals surface area contributed by atoms with E-state index in [1.807, 2.05) is 0 Å². The number of halogens is 1. The number of aliphatic hydroxyl groups excluding tert-OH is 1. The summed E-state index contributed by atoms with van der Waals surface area (Å²) >= 11 is 0. The Hall–Kier alpha value is -2.52. The highest BCUT2D eigenvalue weighted by atomic mass is 19.1. The van der Waals surface area contributed by atoms with Crippen LogP contribution in [0, 0.1) is 11.7 Å². The van der Waals surface area contributed by atoms with E-state index in [1.54, 1.807) is 31.4 Å². The average molecular weight is 432 g/mol. The Balaban J connectivity index is 1.44. The van der Waals surface area contributed by atoms with Gasteiger partial charge in [-0.2, -0.15) is 0 Å². The normalized spacial score (nSPS) is 23.8. The minimum absolute atomic E-state index is 0.155. The van der Waals surface area contributed by atoms with Crippen LogP contribution in [0.3, 0.4) is 0 Å². The molecule has 2 aliphatic heterocycles. The highest BCUT2D eigenvalue weighted by molar-refractivity contribution is 5.80. The number of carbonyl (C=O) groups is 1. The van der Waals surface area contributed by atoms with Crippen molar-refractivity contribution >= 4 is 17.1 Å². The van der Waals surface area contributed by atoms with Crippen LogP contribution in [0.4, 0.5) is 9.18 Å². The van der Waals surface area contributed by atoms with Gasteiger partial charge in [0, 0.05) is 56.2 Å². The molecule has 2 aromatic heterocycles. The second-order valence-corrected chi connectivity index (χ2v) is 9.49. The van der Waals surface area contributed by atoms with Crippen LogP contribution in [-0.2, 0) is 11.3 Å². The van der Waals surface area contributed by atoms with E-state index < -0.39 is 23.6 Å². The molecule has 31 heavy (non-hydrogen) atoms. The number of likely N-dealkylation sites (tertiary alicyclic amines) is 1. The number of aromatic nitrogens is 2. The van der Waals surface area contributed by atoms with Gasteiger partial charge in [0.1, 0.15) is 11.4 Å². The van der Waals surface area contributed by atoms with Gasteiger partial charge in [-0.1, -0.05) is 0 Å². The van der Waals surface area contributed by atoms with Crippen LogP contribution in [0.25, 0.3) is 11.0 Å². The van der Waals surface area contributed by atoms with Gasteiger partial charge in [-0.05, 0) is 33.3 Å². The molecule has 4 rings (SSSR count). The topological polar surface area (TPSA) is 96.7 Å². The molecular weight excluding hydrogens is 403 g/mol. The van der Waals surface area contributed by atoms with Gasteiger partial charge >= 0.3 is 6.09 Å². The first-order valence-corrected chi connectivity index (χ1v) is 10.7. The third-order valence-electron chi connectivity index (χ3n) is 5.97. The molecule has 0 aromatic carbocycles. The number of amides is 1. The largest absolute Gasteiger partial charge is 0.444 e. The van der Waals surface area contributed by atoms with Gasteiger partial charge in [-0.25, -0.2) is 9.18 Å². The monoisotopic (exact) mass is 432 g/mol. The standard InChI is InChI=1S/C22H29FN4O4/c1-22(2,3)31-21(30)25-8-13-10-26(7-6-17(13)28)11-14-12-27-18(29)5-4-16-20(27)19(14)15(23)9-24-16/h4-5,9,13-14,17,28H,6-8,10-12H2,1-3H3,(H,25,30)/t13-,14?,17+/m0/s1. The molecule has 4 heterocycles. The van der Waals surface area contributed by atoms with Crippen molar-refractivity contribution in [1.29, 1.82) is 0 Å². The third-order valence-corrected chi connectivity index (χ3v) is 5.97. The first kappa shape index (κ1) is 21.7. The maximum absolute atomic E-state index is 14.7. The summed E-state index contributed by atoms with van der Waals surface area (Å²) in [6.45, 7) is 7.89. The Morgan fingerprint density at radius 1 is 1.35 bits per heavy atom. The zero-order chi connectivity index (χ0) is 22.3. The molecule has 3 atom stereocenters. The summed E-state index contributed by atoms with van der Waals surface area (Å²) in [7, 11) is 0. The zero-order valence-corrected chi connectivity index (χ0v) is 18.1.